The summed E-state index contributed by atoms with van der Waals surface area (Å²) in [4.78, 5) is 4.45. The third-order valence-electron chi connectivity index (χ3n) is 4.25. The normalized spacial score (nSPS) is 15.2. The molecule has 0 spiro atoms. The van der Waals surface area contributed by atoms with Crippen molar-refractivity contribution in [1.82, 2.24) is 9.71 Å². The van der Waals surface area contributed by atoms with Gasteiger partial charge in [-0.25, -0.2) is 18.1 Å². The molecule has 1 fully saturated rings. The Morgan fingerprint density at radius 3 is 2.56 bits per heavy atom. The van der Waals surface area contributed by atoms with Crippen LogP contribution in [0, 0.1) is 0 Å². The van der Waals surface area contributed by atoms with E-state index in [4.69, 9.17) is 9.47 Å². The van der Waals surface area contributed by atoms with Crippen LogP contribution >= 0.6 is 0 Å². The Labute approximate surface area is 148 Å². The van der Waals surface area contributed by atoms with Crippen LogP contribution in [0.4, 0.5) is 0 Å². The molecule has 1 aromatic carbocycles. The van der Waals surface area contributed by atoms with Gasteiger partial charge in [0.15, 0.2) is 0 Å². The van der Waals surface area contributed by atoms with Gasteiger partial charge >= 0.3 is 0 Å². The van der Waals surface area contributed by atoms with Crippen molar-refractivity contribution >= 4 is 10.0 Å². The molecule has 1 heterocycles. The minimum atomic E-state index is -3.62. The number of aromatic nitrogens is 1. The zero-order valence-electron chi connectivity index (χ0n) is 14.1. The van der Waals surface area contributed by atoms with Gasteiger partial charge in [-0.1, -0.05) is 6.07 Å². The van der Waals surface area contributed by atoms with Gasteiger partial charge < -0.3 is 9.47 Å². The minimum absolute atomic E-state index is 0.129. The average molecular weight is 362 g/mol. The summed E-state index contributed by atoms with van der Waals surface area (Å²) in [5, 5.41) is 0. The van der Waals surface area contributed by atoms with Crippen LogP contribution < -0.4 is 14.2 Å². The number of hydrogen-bond donors (Lipinski definition) is 1. The number of methoxy groups -OCH3 is 1. The fourth-order valence-electron chi connectivity index (χ4n) is 2.84. The fourth-order valence-corrected chi connectivity index (χ4v) is 3.85. The van der Waals surface area contributed by atoms with Crippen molar-refractivity contribution in [2.45, 2.75) is 43.2 Å². The summed E-state index contributed by atoms with van der Waals surface area (Å²) >= 11 is 0. The van der Waals surface area contributed by atoms with Crippen LogP contribution in [-0.4, -0.2) is 26.6 Å². The molecule has 0 amide bonds. The molecule has 1 aliphatic rings. The van der Waals surface area contributed by atoms with E-state index in [-0.39, 0.29) is 17.5 Å². The summed E-state index contributed by atoms with van der Waals surface area (Å²) in [5.74, 6) is 1.12. The van der Waals surface area contributed by atoms with E-state index in [1.54, 1.807) is 24.4 Å². The molecule has 0 saturated heterocycles. The maximum atomic E-state index is 12.4. The van der Waals surface area contributed by atoms with Crippen LogP contribution in [0.2, 0.25) is 0 Å². The Bertz CT molecular complexity index is 800. The predicted molar refractivity (Wildman–Crippen MR) is 94.1 cm³/mol. The molecule has 1 aliphatic carbocycles. The molecule has 1 aromatic heterocycles. The van der Waals surface area contributed by atoms with Crippen LogP contribution in [0.1, 0.15) is 31.2 Å². The third kappa shape index (κ3) is 4.49. The van der Waals surface area contributed by atoms with E-state index in [0.717, 1.165) is 31.2 Å². The second-order valence-electron chi connectivity index (χ2n) is 5.99. The number of benzene rings is 1. The number of nitrogens with zero attached hydrogens (tertiary/aromatic N) is 1. The molecule has 7 heteroatoms. The second-order valence-corrected chi connectivity index (χ2v) is 7.76. The van der Waals surface area contributed by atoms with E-state index < -0.39 is 10.0 Å². The predicted octanol–water partition coefficient (Wildman–Crippen LogP) is 2.89. The summed E-state index contributed by atoms with van der Waals surface area (Å²) in [7, 11) is -2.08. The minimum Gasteiger partial charge on any atom is -0.497 e. The zero-order chi connectivity index (χ0) is 17.7. The van der Waals surface area contributed by atoms with Gasteiger partial charge in [-0.15, -0.1) is 0 Å². The van der Waals surface area contributed by atoms with E-state index in [1.807, 2.05) is 6.07 Å². The highest BCUT2D eigenvalue weighted by molar-refractivity contribution is 7.89. The average Bonchev–Trinajstić information content (AvgIpc) is 3.14. The van der Waals surface area contributed by atoms with Gasteiger partial charge in [-0.3, -0.25) is 0 Å². The SMILES string of the molecule is COc1ccc(S(=O)(=O)NCc2cccnc2OC2CCCC2)cc1. The Morgan fingerprint density at radius 2 is 1.88 bits per heavy atom. The Kier molecular flexibility index (Phi) is 5.55. The maximum absolute atomic E-state index is 12.4. The van der Waals surface area contributed by atoms with Crippen LogP contribution in [0.3, 0.4) is 0 Å². The first-order chi connectivity index (χ1) is 12.1. The molecule has 25 heavy (non-hydrogen) atoms. The standard InChI is InChI=1S/C18H22N2O4S/c1-23-15-8-10-17(11-9-15)25(21,22)20-13-14-5-4-12-19-18(14)24-16-6-2-3-7-16/h4-5,8-12,16,20H,2-3,6-7,13H2,1H3. The Hall–Kier alpha value is -2.12. The van der Waals surface area contributed by atoms with Gasteiger partial charge in [0.1, 0.15) is 11.9 Å². The Balaban J connectivity index is 1.69. The third-order valence-corrected chi connectivity index (χ3v) is 5.67. The van der Waals surface area contributed by atoms with Gasteiger partial charge in [0, 0.05) is 18.3 Å². The number of rotatable bonds is 7. The highest BCUT2D eigenvalue weighted by Crippen LogP contribution is 2.25. The summed E-state index contributed by atoms with van der Waals surface area (Å²) in [6, 6.07) is 9.87. The monoisotopic (exact) mass is 362 g/mol. The largest absolute Gasteiger partial charge is 0.497 e. The maximum Gasteiger partial charge on any atom is 0.240 e. The van der Waals surface area contributed by atoms with Gasteiger partial charge in [0.25, 0.3) is 0 Å². The summed E-state index contributed by atoms with van der Waals surface area (Å²) in [6.45, 7) is 0.129. The van der Waals surface area contributed by atoms with Crippen molar-refractivity contribution in [2.24, 2.45) is 0 Å². The van der Waals surface area contributed by atoms with Crippen LogP contribution in [0.5, 0.6) is 11.6 Å². The molecule has 0 aliphatic heterocycles. The van der Waals surface area contributed by atoms with Gasteiger partial charge in [-0.05, 0) is 56.0 Å². The molecule has 2 aromatic rings. The number of pyridine rings is 1. The topological polar surface area (TPSA) is 77.5 Å². The van der Waals surface area contributed by atoms with Crippen molar-refractivity contribution in [1.29, 1.82) is 0 Å². The highest BCUT2D eigenvalue weighted by atomic mass is 32.2. The van der Waals surface area contributed by atoms with Crippen molar-refractivity contribution in [3.63, 3.8) is 0 Å². The van der Waals surface area contributed by atoms with Gasteiger partial charge in [-0.2, -0.15) is 0 Å². The molecule has 3 rings (SSSR count). The van der Waals surface area contributed by atoms with Crippen molar-refractivity contribution in [3.05, 3.63) is 48.2 Å². The van der Waals surface area contributed by atoms with E-state index in [2.05, 4.69) is 9.71 Å². The van der Waals surface area contributed by atoms with Gasteiger partial charge in [0.2, 0.25) is 15.9 Å². The molecule has 0 bridgehead atoms. The number of hydrogen-bond acceptors (Lipinski definition) is 5. The quantitative estimate of drug-likeness (QED) is 0.819. The first-order valence-corrected chi connectivity index (χ1v) is 9.81. The zero-order valence-corrected chi connectivity index (χ0v) is 15.0. The summed E-state index contributed by atoms with van der Waals surface area (Å²) < 4.78 is 38.5. The lowest BCUT2D eigenvalue weighted by molar-refractivity contribution is 0.199. The van der Waals surface area contributed by atoms with Crippen LogP contribution in [0.25, 0.3) is 0 Å². The lowest BCUT2D eigenvalue weighted by atomic mass is 10.2. The fraction of sp³-hybridized carbons (Fsp3) is 0.389. The summed E-state index contributed by atoms with van der Waals surface area (Å²) in [5.41, 5.74) is 0.728. The van der Waals surface area contributed by atoms with Crippen LogP contribution in [0.15, 0.2) is 47.5 Å². The molecule has 0 unspecified atom stereocenters. The molecule has 0 atom stereocenters. The molecule has 6 nitrogen and oxygen atoms in total. The van der Waals surface area contributed by atoms with Crippen LogP contribution in [-0.2, 0) is 16.6 Å². The van der Waals surface area contributed by atoms with Crippen molar-refractivity contribution in [2.75, 3.05) is 7.11 Å². The lowest BCUT2D eigenvalue weighted by Gasteiger charge is -2.15. The molecule has 1 saturated carbocycles. The molecular formula is C18H22N2O4S. The highest BCUT2D eigenvalue weighted by Gasteiger charge is 2.20. The van der Waals surface area contributed by atoms with E-state index in [1.165, 1.54) is 19.2 Å². The Morgan fingerprint density at radius 1 is 1.16 bits per heavy atom. The van der Waals surface area contributed by atoms with Crippen molar-refractivity contribution in [3.8, 4) is 11.6 Å². The van der Waals surface area contributed by atoms with E-state index >= 15 is 0 Å². The van der Waals surface area contributed by atoms with E-state index in [9.17, 15) is 8.42 Å². The van der Waals surface area contributed by atoms with Gasteiger partial charge in [0.05, 0.1) is 12.0 Å². The first kappa shape index (κ1) is 17.7. The summed E-state index contributed by atoms with van der Waals surface area (Å²) in [6.07, 6.45) is 6.20. The lowest BCUT2D eigenvalue weighted by Crippen LogP contribution is -2.24. The second kappa shape index (κ2) is 7.84. The van der Waals surface area contributed by atoms with E-state index in [0.29, 0.717) is 11.6 Å². The molecule has 0 radical (unpaired) electrons. The first-order valence-electron chi connectivity index (χ1n) is 8.33. The number of sulfonamides is 1. The number of nitrogens with one attached hydrogen (secondary N) is 1. The van der Waals surface area contributed by atoms with Crippen molar-refractivity contribution < 1.29 is 17.9 Å². The smallest absolute Gasteiger partial charge is 0.240 e. The molecular weight excluding hydrogens is 340 g/mol. The molecule has 134 valence electrons. The molecule has 1 N–H and O–H groups in total. The number of ether oxygens (including phenoxy) is 2.